The number of H-pyrrole nitrogens is 1. The molecule has 13 heavy (non-hydrogen) atoms. The molecule has 0 aliphatic carbocycles. The normalized spacial score (nSPS) is 10.3. The standard InChI is InChI=1S/C8H5BrFN3/c9-7-3-5(10)1-2-6(7)8-4-11-13-12-8/h1-4H,(H,11,12,13). The van der Waals surface area contributed by atoms with Crippen LogP contribution in [0.1, 0.15) is 0 Å². The lowest BCUT2D eigenvalue weighted by Crippen LogP contribution is -1.82. The predicted molar refractivity (Wildman–Crippen MR) is 49.5 cm³/mol. The number of hydrogen-bond acceptors (Lipinski definition) is 2. The second-order valence-corrected chi connectivity index (χ2v) is 3.33. The third-order valence-corrected chi connectivity index (χ3v) is 2.28. The summed E-state index contributed by atoms with van der Waals surface area (Å²) in [5.41, 5.74) is 1.50. The van der Waals surface area contributed by atoms with Gasteiger partial charge in [-0.15, -0.1) is 0 Å². The Kier molecular flexibility index (Phi) is 2.10. The van der Waals surface area contributed by atoms with Gasteiger partial charge in [-0.1, -0.05) is 0 Å². The molecule has 66 valence electrons. The van der Waals surface area contributed by atoms with Crippen LogP contribution in [0, 0.1) is 5.82 Å². The minimum absolute atomic E-state index is 0.279. The van der Waals surface area contributed by atoms with E-state index in [0.29, 0.717) is 10.2 Å². The maximum Gasteiger partial charge on any atom is 0.124 e. The Bertz CT molecular complexity index is 413. The highest BCUT2D eigenvalue weighted by Crippen LogP contribution is 2.26. The second-order valence-electron chi connectivity index (χ2n) is 2.48. The van der Waals surface area contributed by atoms with E-state index in [-0.39, 0.29) is 5.82 Å². The van der Waals surface area contributed by atoms with Crippen LogP contribution in [0.15, 0.2) is 28.9 Å². The predicted octanol–water partition coefficient (Wildman–Crippen LogP) is 2.37. The SMILES string of the molecule is Fc1ccc(-c2cn[nH]n2)c(Br)c1. The van der Waals surface area contributed by atoms with Crippen LogP contribution in [0.3, 0.4) is 0 Å². The van der Waals surface area contributed by atoms with Crippen LogP contribution in [0.25, 0.3) is 11.3 Å². The van der Waals surface area contributed by atoms with Gasteiger partial charge in [0.15, 0.2) is 0 Å². The molecule has 0 saturated heterocycles. The van der Waals surface area contributed by atoms with Crippen LogP contribution in [0.4, 0.5) is 4.39 Å². The van der Waals surface area contributed by atoms with Gasteiger partial charge in [-0.05, 0) is 34.1 Å². The summed E-state index contributed by atoms with van der Waals surface area (Å²) in [6.07, 6.45) is 1.58. The molecule has 0 aliphatic rings. The highest BCUT2D eigenvalue weighted by molar-refractivity contribution is 9.10. The molecule has 2 aromatic rings. The summed E-state index contributed by atoms with van der Waals surface area (Å²) in [5, 5.41) is 10.1. The summed E-state index contributed by atoms with van der Waals surface area (Å²) in [6, 6.07) is 4.43. The first-order valence-corrected chi connectivity index (χ1v) is 4.38. The summed E-state index contributed by atoms with van der Waals surface area (Å²) in [4.78, 5) is 0. The summed E-state index contributed by atoms with van der Waals surface area (Å²) in [7, 11) is 0. The molecule has 1 aromatic carbocycles. The summed E-state index contributed by atoms with van der Waals surface area (Å²) in [6.45, 7) is 0. The van der Waals surface area contributed by atoms with E-state index in [1.807, 2.05) is 0 Å². The fourth-order valence-corrected chi connectivity index (χ4v) is 1.58. The Hall–Kier alpha value is -1.23. The van der Waals surface area contributed by atoms with Gasteiger partial charge in [0.05, 0.1) is 6.20 Å². The number of aromatic amines is 1. The third kappa shape index (κ3) is 1.60. The molecule has 2 rings (SSSR count). The zero-order chi connectivity index (χ0) is 9.26. The van der Waals surface area contributed by atoms with E-state index < -0.39 is 0 Å². The van der Waals surface area contributed by atoms with E-state index in [2.05, 4.69) is 31.3 Å². The van der Waals surface area contributed by atoms with E-state index in [1.54, 1.807) is 12.3 Å². The van der Waals surface area contributed by atoms with Gasteiger partial charge < -0.3 is 0 Å². The van der Waals surface area contributed by atoms with Gasteiger partial charge in [-0.2, -0.15) is 15.4 Å². The number of aromatic nitrogens is 3. The van der Waals surface area contributed by atoms with Gasteiger partial charge in [0, 0.05) is 10.0 Å². The molecule has 5 heteroatoms. The molecule has 3 nitrogen and oxygen atoms in total. The Morgan fingerprint density at radius 2 is 2.23 bits per heavy atom. The van der Waals surface area contributed by atoms with Crippen molar-refractivity contribution in [3.8, 4) is 11.3 Å². The number of nitrogens with zero attached hydrogens (tertiary/aromatic N) is 2. The quantitative estimate of drug-likeness (QED) is 0.833. The molecule has 1 heterocycles. The number of rotatable bonds is 1. The first kappa shape index (κ1) is 8.37. The van der Waals surface area contributed by atoms with Crippen LogP contribution >= 0.6 is 15.9 Å². The average molecular weight is 242 g/mol. The maximum absolute atomic E-state index is 12.7. The van der Waals surface area contributed by atoms with Gasteiger partial charge in [0.25, 0.3) is 0 Å². The van der Waals surface area contributed by atoms with Crippen LogP contribution in [-0.2, 0) is 0 Å². The van der Waals surface area contributed by atoms with Crippen LogP contribution in [0.5, 0.6) is 0 Å². The third-order valence-electron chi connectivity index (χ3n) is 1.62. The maximum atomic E-state index is 12.7. The van der Waals surface area contributed by atoms with Crippen LogP contribution in [-0.4, -0.2) is 15.4 Å². The van der Waals surface area contributed by atoms with Crippen molar-refractivity contribution in [2.75, 3.05) is 0 Å². The van der Waals surface area contributed by atoms with E-state index in [1.165, 1.54) is 12.1 Å². The van der Waals surface area contributed by atoms with Crippen LogP contribution < -0.4 is 0 Å². The minimum atomic E-state index is -0.279. The smallest absolute Gasteiger partial charge is 0.124 e. The minimum Gasteiger partial charge on any atom is -0.207 e. The topological polar surface area (TPSA) is 41.6 Å². The average Bonchev–Trinajstić information content (AvgIpc) is 2.56. The van der Waals surface area contributed by atoms with Crippen molar-refractivity contribution in [1.29, 1.82) is 0 Å². The Balaban J connectivity index is 2.53. The molecule has 0 aliphatic heterocycles. The molecule has 0 fully saturated rings. The molecular weight excluding hydrogens is 237 g/mol. The van der Waals surface area contributed by atoms with Crippen molar-refractivity contribution in [3.05, 3.63) is 34.7 Å². The number of nitrogens with one attached hydrogen (secondary N) is 1. The van der Waals surface area contributed by atoms with Gasteiger partial charge in [-0.25, -0.2) is 4.39 Å². The van der Waals surface area contributed by atoms with Crippen molar-refractivity contribution in [3.63, 3.8) is 0 Å². The van der Waals surface area contributed by atoms with Gasteiger partial charge in [0.2, 0.25) is 0 Å². The highest BCUT2D eigenvalue weighted by atomic mass is 79.9. The molecule has 0 radical (unpaired) electrons. The Morgan fingerprint density at radius 3 is 2.85 bits per heavy atom. The highest BCUT2D eigenvalue weighted by Gasteiger charge is 2.05. The first-order valence-electron chi connectivity index (χ1n) is 3.58. The molecule has 0 spiro atoms. The van der Waals surface area contributed by atoms with Gasteiger partial charge >= 0.3 is 0 Å². The zero-order valence-electron chi connectivity index (χ0n) is 6.46. The van der Waals surface area contributed by atoms with Gasteiger partial charge in [-0.3, -0.25) is 0 Å². The summed E-state index contributed by atoms with van der Waals surface area (Å²) < 4.78 is 13.4. The van der Waals surface area contributed by atoms with E-state index >= 15 is 0 Å². The number of hydrogen-bond donors (Lipinski definition) is 1. The second kappa shape index (κ2) is 3.26. The molecule has 0 unspecified atom stereocenters. The molecule has 1 N–H and O–H groups in total. The fourth-order valence-electron chi connectivity index (χ4n) is 1.03. The lowest BCUT2D eigenvalue weighted by Gasteiger charge is -1.98. The van der Waals surface area contributed by atoms with Crippen molar-refractivity contribution in [1.82, 2.24) is 15.4 Å². The monoisotopic (exact) mass is 241 g/mol. The molecule has 0 bridgehead atoms. The fraction of sp³-hybridized carbons (Fsp3) is 0. The summed E-state index contributed by atoms with van der Waals surface area (Å²) >= 11 is 3.25. The lowest BCUT2D eigenvalue weighted by molar-refractivity contribution is 0.627. The zero-order valence-corrected chi connectivity index (χ0v) is 8.05. The van der Waals surface area contributed by atoms with Crippen molar-refractivity contribution in [2.45, 2.75) is 0 Å². The van der Waals surface area contributed by atoms with E-state index in [9.17, 15) is 4.39 Å². The Labute approximate surface area is 82.1 Å². The number of halogens is 2. The molecule has 0 saturated carbocycles. The van der Waals surface area contributed by atoms with Crippen molar-refractivity contribution in [2.24, 2.45) is 0 Å². The molecule has 0 amide bonds. The Morgan fingerprint density at radius 1 is 1.38 bits per heavy atom. The summed E-state index contributed by atoms with van der Waals surface area (Å²) in [5.74, 6) is -0.279. The van der Waals surface area contributed by atoms with Crippen molar-refractivity contribution < 1.29 is 4.39 Å². The lowest BCUT2D eigenvalue weighted by atomic mass is 10.2. The molecular formula is C8H5BrFN3. The molecule has 0 atom stereocenters. The number of benzene rings is 1. The molecule has 1 aromatic heterocycles. The van der Waals surface area contributed by atoms with Crippen LogP contribution in [0.2, 0.25) is 0 Å². The largest absolute Gasteiger partial charge is 0.207 e. The van der Waals surface area contributed by atoms with Crippen molar-refractivity contribution >= 4 is 15.9 Å². The van der Waals surface area contributed by atoms with E-state index in [4.69, 9.17) is 0 Å². The van der Waals surface area contributed by atoms with E-state index in [0.717, 1.165) is 5.56 Å². The first-order chi connectivity index (χ1) is 6.27. The van der Waals surface area contributed by atoms with Gasteiger partial charge in [0.1, 0.15) is 11.5 Å².